The third-order valence-electron chi connectivity index (χ3n) is 3.40. The summed E-state index contributed by atoms with van der Waals surface area (Å²) in [6.45, 7) is 0.0282. The maximum Gasteiger partial charge on any atom is 0.284 e. The van der Waals surface area contributed by atoms with Gasteiger partial charge in [-0.15, -0.1) is 0 Å². The molecular weight excluding hydrogens is 330 g/mol. The van der Waals surface area contributed by atoms with Crippen LogP contribution in [0.2, 0.25) is 0 Å². The monoisotopic (exact) mass is 343 g/mol. The zero-order valence-corrected chi connectivity index (χ0v) is 12.8. The van der Waals surface area contributed by atoms with Crippen LogP contribution in [-0.4, -0.2) is 34.9 Å². The van der Waals surface area contributed by atoms with Crippen molar-refractivity contribution in [2.45, 2.75) is 6.10 Å². The number of benzene rings is 2. The Bertz CT molecular complexity index is 852. The minimum atomic E-state index is -0.884. The molecule has 0 radical (unpaired) electrons. The van der Waals surface area contributed by atoms with Crippen LogP contribution in [0.1, 0.15) is 5.56 Å². The number of ether oxygens (including phenoxy) is 2. The van der Waals surface area contributed by atoms with Crippen molar-refractivity contribution < 1.29 is 24.3 Å². The van der Waals surface area contributed by atoms with Crippen molar-refractivity contribution >= 4 is 17.8 Å². The number of hydrogen-bond donors (Lipinski definition) is 2. The summed E-state index contributed by atoms with van der Waals surface area (Å²) < 4.78 is 11.0. The SMILES string of the molecule is O=C(N/N=C\c1cc([N+](=O)[O-])ccc1O)[C@@H]1COc2ccccc2O1. The average Bonchev–Trinajstić information content (AvgIpc) is 2.62. The van der Waals surface area contributed by atoms with E-state index in [-0.39, 0.29) is 23.6 Å². The summed E-state index contributed by atoms with van der Waals surface area (Å²) >= 11 is 0. The molecule has 1 heterocycles. The maximum atomic E-state index is 12.1. The lowest BCUT2D eigenvalue weighted by Gasteiger charge is -2.24. The van der Waals surface area contributed by atoms with Crippen molar-refractivity contribution in [2.24, 2.45) is 5.10 Å². The number of phenols is 1. The van der Waals surface area contributed by atoms with E-state index in [4.69, 9.17) is 9.47 Å². The van der Waals surface area contributed by atoms with E-state index in [9.17, 15) is 20.0 Å². The third-order valence-corrected chi connectivity index (χ3v) is 3.40. The zero-order chi connectivity index (χ0) is 17.8. The van der Waals surface area contributed by atoms with Crippen molar-refractivity contribution in [2.75, 3.05) is 6.61 Å². The first-order valence-corrected chi connectivity index (χ1v) is 7.23. The number of nitrogens with zero attached hydrogens (tertiary/aromatic N) is 2. The van der Waals surface area contributed by atoms with Gasteiger partial charge in [-0.3, -0.25) is 14.9 Å². The van der Waals surface area contributed by atoms with Crippen LogP contribution in [0.3, 0.4) is 0 Å². The van der Waals surface area contributed by atoms with E-state index in [0.29, 0.717) is 11.5 Å². The molecule has 1 atom stereocenters. The Labute approximate surface area is 141 Å². The quantitative estimate of drug-likeness (QED) is 0.494. The second-order valence-electron chi connectivity index (χ2n) is 5.10. The van der Waals surface area contributed by atoms with Crippen LogP contribution in [0.4, 0.5) is 5.69 Å². The Balaban J connectivity index is 1.64. The number of carbonyl (C=O) groups excluding carboxylic acids is 1. The van der Waals surface area contributed by atoms with Gasteiger partial charge in [0.2, 0.25) is 6.10 Å². The highest BCUT2D eigenvalue weighted by Crippen LogP contribution is 2.30. The summed E-state index contributed by atoms with van der Waals surface area (Å²) in [7, 11) is 0. The van der Waals surface area contributed by atoms with Crippen molar-refractivity contribution in [1.82, 2.24) is 5.43 Å². The molecule has 9 heteroatoms. The number of nitro groups is 1. The molecular formula is C16H13N3O6. The molecule has 0 saturated carbocycles. The lowest BCUT2D eigenvalue weighted by atomic mass is 10.2. The number of hydrogen-bond acceptors (Lipinski definition) is 7. The molecule has 0 unspecified atom stereocenters. The highest BCUT2D eigenvalue weighted by atomic mass is 16.6. The number of amides is 1. The highest BCUT2D eigenvalue weighted by molar-refractivity contribution is 5.87. The lowest BCUT2D eigenvalue weighted by Crippen LogP contribution is -2.42. The molecule has 25 heavy (non-hydrogen) atoms. The smallest absolute Gasteiger partial charge is 0.284 e. The summed E-state index contributed by atoms with van der Waals surface area (Å²) in [6, 6.07) is 10.4. The van der Waals surface area contributed by atoms with Gasteiger partial charge in [-0.1, -0.05) is 12.1 Å². The first kappa shape index (κ1) is 16.2. The van der Waals surface area contributed by atoms with E-state index < -0.39 is 16.9 Å². The molecule has 1 aliphatic heterocycles. The number of carbonyl (C=O) groups is 1. The zero-order valence-electron chi connectivity index (χ0n) is 12.8. The van der Waals surface area contributed by atoms with Gasteiger partial charge in [0.1, 0.15) is 12.4 Å². The Morgan fingerprint density at radius 1 is 1.32 bits per heavy atom. The Morgan fingerprint density at radius 2 is 2.08 bits per heavy atom. The second-order valence-corrected chi connectivity index (χ2v) is 5.10. The van der Waals surface area contributed by atoms with E-state index in [0.717, 1.165) is 18.3 Å². The standard InChI is InChI=1S/C16H13N3O6/c20-12-6-5-11(19(22)23)7-10(12)8-17-18-16(21)15-9-24-13-3-1-2-4-14(13)25-15/h1-8,15,20H,9H2,(H,18,21)/b17-8-/t15-/m0/s1. The minimum absolute atomic E-state index is 0.0282. The summed E-state index contributed by atoms with van der Waals surface area (Å²) in [6.07, 6.45) is 0.225. The third kappa shape index (κ3) is 3.66. The van der Waals surface area contributed by atoms with Crippen LogP contribution in [0, 0.1) is 10.1 Å². The molecule has 2 N–H and O–H groups in total. The number of phenolic OH excluding ortho intramolecular Hbond substituents is 1. The molecule has 2 aromatic rings. The number of aromatic hydroxyl groups is 1. The van der Waals surface area contributed by atoms with Gasteiger partial charge < -0.3 is 14.6 Å². The fraction of sp³-hybridized carbons (Fsp3) is 0.125. The van der Waals surface area contributed by atoms with E-state index in [1.54, 1.807) is 24.3 Å². The van der Waals surface area contributed by atoms with Crippen LogP contribution in [0.25, 0.3) is 0 Å². The van der Waals surface area contributed by atoms with Gasteiger partial charge in [0, 0.05) is 17.7 Å². The summed E-state index contributed by atoms with van der Waals surface area (Å²) in [4.78, 5) is 22.2. The number of nitro benzene ring substituents is 1. The molecule has 0 fully saturated rings. The van der Waals surface area contributed by atoms with E-state index in [1.165, 1.54) is 6.07 Å². The van der Waals surface area contributed by atoms with Gasteiger partial charge >= 0.3 is 0 Å². The molecule has 0 saturated heterocycles. The van der Waals surface area contributed by atoms with Crippen LogP contribution in [0.5, 0.6) is 17.2 Å². The number of non-ortho nitro benzene ring substituents is 1. The van der Waals surface area contributed by atoms with Gasteiger partial charge in [0.05, 0.1) is 11.1 Å². The Morgan fingerprint density at radius 3 is 2.84 bits per heavy atom. The Hall–Kier alpha value is -3.62. The van der Waals surface area contributed by atoms with Crippen LogP contribution in [-0.2, 0) is 4.79 Å². The van der Waals surface area contributed by atoms with Gasteiger partial charge in [-0.25, -0.2) is 5.43 Å². The molecule has 9 nitrogen and oxygen atoms in total. The number of para-hydroxylation sites is 2. The molecule has 1 aliphatic rings. The lowest BCUT2D eigenvalue weighted by molar-refractivity contribution is -0.384. The van der Waals surface area contributed by atoms with Crippen LogP contribution < -0.4 is 14.9 Å². The molecule has 128 valence electrons. The molecule has 0 aliphatic carbocycles. The largest absolute Gasteiger partial charge is 0.507 e. The van der Waals surface area contributed by atoms with Crippen molar-refractivity contribution in [1.29, 1.82) is 0 Å². The minimum Gasteiger partial charge on any atom is -0.507 e. The Kier molecular flexibility index (Phi) is 4.46. The van der Waals surface area contributed by atoms with Gasteiger partial charge in [-0.05, 0) is 18.2 Å². The van der Waals surface area contributed by atoms with Crippen molar-refractivity contribution in [3.8, 4) is 17.2 Å². The molecule has 0 bridgehead atoms. The number of rotatable bonds is 4. The van der Waals surface area contributed by atoms with Gasteiger partial charge in [0.25, 0.3) is 11.6 Å². The summed E-state index contributed by atoms with van der Waals surface area (Å²) in [5.74, 6) is 0.260. The number of fused-ring (bicyclic) bond motifs is 1. The topological polar surface area (TPSA) is 123 Å². The molecule has 1 amide bonds. The fourth-order valence-corrected chi connectivity index (χ4v) is 2.15. The first-order chi connectivity index (χ1) is 12.0. The summed E-state index contributed by atoms with van der Waals surface area (Å²) in [5, 5.41) is 24.1. The highest BCUT2D eigenvalue weighted by Gasteiger charge is 2.27. The van der Waals surface area contributed by atoms with Crippen LogP contribution in [0.15, 0.2) is 47.6 Å². The molecule has 0 aromatic heterocycles. The molecule has 2 aromatic carbocycles. The molecule has 0 spiro atoms. The van der Waals surface area contributed by atoms with Crippen LogP contribution >= 0.6 is 0 Å². The maximum absolute atomic E-state index is 12.1. The van der Waals surface area contributed by atoms with Gasteiger partial charge in [0.15, 0.2) is 11.5 Å². The number of nitrogens with one attached hydrogen (secondary N) is 1. The summed E-state index contributed by atoms with van der Waals surface area (Å²) in [5.41, 5.74) is 2.15. The fourth-order valence-electron chi connectivity index (χ4n) is 2.15. The van der Waals surface area contributed by atoms with E-state index >= 15 is 0 Å². The van der Waals surface area contributed by atoms with Crippen molar-refractivity contribution in [3.05, 3.63) is 58.1 Å². The number of hydrazone groups is 1. The normalized spacial score (nSPS) is 15.8. The average molecular weight is 343 g/mol. The van der Waals surface area contributed by atoms with E-state index in [2.05, 4.69) is 10.5 Å². The molecule has 3 rings (SSSR count). The predicted octanol–water partition coefficient (Wildman–Crippen LogP) is 1.59. The van der Waals surface area contributed by atoms with E-state index in [1.807, 2.05) is 0 Å². The second kappa shape index (κ2) is 6.87. The van der Waals surface area contributed by atoms with Crippen molar-refractivity contribution in [3.63, 3.8) is 0 Å². The van der Waals surface area contributed by atoms with Gasteiger partial charge in [-0.2, -0.15) is 5.10 Å². The predicted molar refractivity (Wildman–Crippen MR) is 86.9 cm³/mol. The first-order valence-electron chi connectivity index (χ1n) is 7.23.